The second kappa shape index (κ2) is 5.59. The number of halogens is 2. The molecular formula is C15H12Cl2N4O. The summed E-state index contributed by atoms with van der Waals surface area (Å²) in [6.45, 7) is 3.78. The molecule has 0 bridgehead atoms. The predicted octanol–water partition coefficient (Wildman–Crippen LogP) is 3.91. The first-order valence-electron chi connectivity index (χ1n) is 6.54. The van der Waals surface area contributed by atoms with E-state index in [2.05, 4.69) is 15.4 Å². The lowest BCUT2D eigenvalue weighted by Gasteiger charge is -2.07. The fraction of sp³-hybridized carbons (Fsp3) is 0.133. The van der Waals surface area contributed by atoms with E-state index in [-0.39, 0.29) is 5.91 Å². The second-order valence-corrected chi connectivity index (χ2v) is 5.75. The average Bonchev–Trinajstić information content (AvgIpc) is 2.87. The predicted molar refractivity (Wildman–Crippen MR) is 86.9 cm³/mol. The van der Waals surface area contributed by atoms with Crippen LogP contribution in [0.2, 0.25) is 10.0 Å². The van der Waals surface area contributed by atoms with Crippen LogP contribution in [0, 0.1) is 13.8 Å². The number of amides is 1. The molecule has 22 heavy (non-hydrogen) atoms. The van der Waals surface area contributed by atoms with Gasteiger partial charge < -0.3 is 5.32 Å². The van der Waals surface area contributed by atoms with Crippen LogP contribution in [0.25, 0.3) is 5.65 Å². The molecule has 0 fully saturated rings. The van der Waals surface area contributed by atoms with E-state index in [4.69, 9.17) is 23.2 Å². The molecule has 7 heteroatoms. The van der Waals surface area contributed by atoms with Gasteiger partial charge in [0.05, 0.1) is 16.9 Å². The molecule has 0 saturated heterocycles. The number of benzene rings is 1. The van der Waals surface area contributed by atoms with Crippen LogP contribution in [0.1, 0.15) is 21.7 Å². The molecule has 1 N–H and O–H groups in total. The van der Waals surface area contributed by atoms with Gasteiger partial charge in [0.2, 0.25) is 0 Å². The van der Waals surface area contributed by atoms with E-state index in [0.29, 0.717) is 26.9 Å². The summed E-state index contributed by atoms with van der Waals surface area (Å²) in [4.78, 5) is 16.8. The van der Waals surface area contributed by atoms with Crippen LogP contribution in [0.4, 0.5) is 5.69 Å². The third-order valence-electron chi connectivity index (χ3n) is 3.20. The van der Waals surface area contributed by atoms with Gasteiger partial charge in [0, 0.05) is 16.4 Å². The minimum absolute atomic E-state index is 0.336. The quantitative estimate of drug-likeness (QED) is 0.772. The van der Waals surface area contributed by atoms with Gasteiger partial charge in [-0.3, -0.25) is 4.79 Å². The van der Waals surface area contributed by atoms with Crippen LogP contribution in [0.15, 0.2) is 30.5 Å². The van der Waals surface area contributed by atoms with Crippen LogP contribution in [0.5, 0.6) is 0 Å². The molecule has 0 saturated carbocycles. The molecule has 2 aromatic heterocycles. The van der Waals surface area contributed by atoms with Gasteiger partial charge in [-0.05, 0) is 38.1 Å². The van der Waals surface area contributed by atoms with Crippen molar-refractivity contribution in [2.24, 2.45) is 0 Å². The van der Waals surface area contributed by atoms with Crippen molar-refractivity contribution >= 4 is 40.4 Å². The lowest BCUT2D eigenvalue weighted by molar-refractivity contribution is 0.102. The lowest BCUT2D eigenvalue weighted by Crippen LogP contribution is -2.12. The summed E-state index contributed by atoms with van der Waals surface area (Å²) in [7, 11) is 0. The largest absolute Gasteiger partial charge is 0.320 e. The third kappa shape index (κ3) is 2.65. The molecule has 0 spiro atoms. The van der Waals surface area contributed by atoms with Gasteiger partial charge in [-0.1, -0.05) is 23.2 Å². The first-order valence-corrected chi connectivity index (χ1v) is 7.29. The summed E-state index contributed by atoms with van der Waals surface area (Å²) in [5.41, 5.74) is 3.06. The summed E-state index contributed by atoms with van der Waals surface area (Å²) < 4.78 is 1.63. The maximum absolute atomic E-state index is 12.5. The number of nitrogens with zero attached hydrogens (tertiary/aromatic N) is 3. The van der Waals surface area contributed by atoms with E-state index < -0.39 is 0 Å². The number of hydrogen-bond acceptors (Lipinski definition) is 3. The number of carbonyl (C=O) groups is 1. The lowest BCUT2D eigenvalue weighted by atomic mass is 10.2. The summed E-state index contributed by atoms with van der Waals surface area (Å²) in [5, 5.41) is 7.83. The fourth-order valence-electron chi connectivity index (χ4n) is 2.21. The van der Waals surface area contributed by atoms with Gasteiger partial charge in [0.15, 0.2) is 5.65 Å². The van der Waals surface area contributed by atoms with E-state index in [1.807, 2.05) is 19.9 Å². The number of carbonyl (C=O) groups excluding carboxylic acids is 1. The molecule has 5 nitrogen and oxygen atoms in total. The van der Waals surface area contributed by atoms with Crippen molar-refractivity contribution in [1.82, 2.24) is 14.6 Å². The molecular weight excluding hydrogens is 323 g/mol. The Morgan fingerprint density at radius 3 is 2.77 bits per heavy atom. The molecule has 0 radical (unpaired) electrons. The SMILES string of the molecule is Cc1cc(C)n2ncc(C(=O)Nc3cc(Cl)ccc3Cl)c2n1. The highest BCUT2D eigenvalue weighted by Gasteiger charge is 2.16. The number of aromatic nitrogens is 3. The van der Waals surface area contributed by atoms with Crippen molar-refractivity contribution in [3.63, 3.8) is 0 Å². The molecule has 3 rings (SSSR count). The van der Waals surface area contributed by atoms with Gasteiger partial charge in [0.1, 0.15) is 5.56 Å². The number of anilines is 1. The molecule has 0 aliphatic heterocycles. The Balaban J connectivity index is 2.01. The standard InChI is InChI=1S/C15H12Cl2N4O/c1-8-5-9(2)21-14(19-8)11(7-18-21)15(22)20-13-6-10(16)3-4-12(13)17/h3-7H,1-2H3,(H,20,22). The van der Waals surface area contributed by atoms with Gasteiger partial charge in [0.25, 0.3) is 5.91 Å². The van der Waals surface area contributed by atoms with Crippen molar-refractivity contribution < 1.29 is 4.79 Å². The van der Waals surface area contributed by atoms with E-state index in [9.17, 15) is 4.79 Å². The molecule has 2 heterocycles. The topological polar surface area (TPSA) is 59.3 Å². The van der Waals surface area contributed by atoms with E-state index in [1.54, 1.807) is 22.7 Å². The normalized spacial score (nSPS) is 10.9. The maximum Gasteiger partial charge on any atom is 0.261 e. The van der Waals surface area contributed by atoms with Crippen molar-refractivity contribution in [3.8, 4) is 0 Å². The molecule has 0 aliphatic rings. The monoisotopic (exact) mass is 334 g/mol. The molecule has 0 aliphatic carbocycles. The van der Waals surface area contributed by atoms with Crippen LogP contribution >= 0.6 is 23.2 Å². The van der Waals surface area contributed by atoms with Gasteiger partial charge >= 0.3 is 0 Å². The van der Waals surface area contributed by atoms with Crippen molar-refractivity contribution in [2.75, 3.05) is 5.32 Å². The highest BCUT2D eigenvalue weighted by atomic mass is 35.5. The van der Waals surface area contributed by atoms with Crippen LogP contribution in [-0.4, -0.2) is 20.5 Å². The number of aryl methyl sites for hydroxylation is 2. The molecule has 0 unspecified atom stereocenters. The van der Waals surface area contributed by atoms with Crippen molar-refractivity contribution in [2.45, 2.75) is 13.8 Å². The Hall–Kier alpha value is -2.11. The Kier molecular flexibility index (Phi) is 3.76. The summed E-state index contributed by atoms with van der Waals surface area (Å²) in [5.74, 6) is -0.336. The summed E-state index contributed by atoms with van der Waals surface area (Å²) in [6.07, 6.45) is 1.49. The second-order valence-electron chi connectivity index (χ2n) is 4.91. The zero-order chi connectivity index (χ0) is 15.9. The highest BCUT2D eigenvalue weighted by molar-refractivity contribution is 6.36. The Morgan fingerprint density at radius 2 is 2.00 bits per heavy atom. The summed E-state index contributed by atoms with van der Waals surface area (Å²) in [6, 6.07) is 6.78. The van der Waals surface area contributed by atoms with Crippen LogP contribution in [0.3, 0.4) is 0 Å². The van der Waals surface area contributed by atoms with Gasteiger partial charge in [-0.25, -0.2) is 9.50 Å². The molecule has 1 aromatic carbocycles. The molecule has 112 valence electrons. The highest BCUT2D eigenvalue weighted by Crippen LogP contribution is 2.26. The maximum atomic E-state index is 12.5. The smallest absolute Gasteiger partial charge is 0.261 e. The summed E-state index contributed by atoms with van der Waals surface area (Å²) >= 11 is 12.0. The fourth-order valence-corrected chi connectivity index (χ4v) is 2.55. The number of fused-ring (bicyclic) bond motifs is 1. The Morgan fingerprint density at radius 1 is 1.23 bits per heavy atom. The average molecular weight is 335 g/mol. The van der Waals surface area contributed by atoms with Crippen molar-refractivity contribution in [3.05, 3.63) is 57.5 Å². The van der Waals surface area contributed by atoms with Gasteiger partial charge in [-0.15, -0.1) is 0 Å². The van der Waals surface area contributed by atoms with Crippen LogP contribution in [-0.2, 0) is 0 Å². The molecule has 1 amide bonds. The van der Waals surface area contributed by atoms with E-state index >= 15 is 0 Å². The third-order valence-corrected chi connectivity index (χ3v) is 3.76. The van der Waals surface area contributed by atoms with Crippen molar-refractivity contribution in [1.29, 1.82) is 0 Å². The first kappa shape index (κ1) is 14.8. The molecule has 0 atom stereocenters. The Labute approximate surface area is 136 Å². The van der Waals surface area contributed by atoms with E-state index in [1.165, 1.54) is 6.20 Å². The zero-order valence-corrected chi connectivity index (χ0v) is 13.4. The number of hydrogen-bond donors (Lipinski definition) is 1. The minimum Gasteiger partial charge on any atom is -0.320 e. The van der Waals surface area contributed by atoms with Crippen LogP contribution < -0.4 is 5.32 Å². The Bertz CT molecular complexity index is 889. The first-order chi connectivity index (χ1) is 10.5. The van der Waals surface area contributed by atoms with E-state index in [0.717, 1.165) is 11.4 Å². The number of nitrogens with one attached hydrogen (secondary N) is 1. The van der Waals surface area contributed by atoms with Gasteiger partial charge in [-0.2, -0.15) is 5.10 Å². The zero-order valence-electron chi connectivity index (χ0n) is 11.9. The number of rotatable bonds is 2. The molecule has 3 aromatic rings. The minimum atomic E-state index is -0.336.